The van der Waals surface area contributed by atoms with Crippen LogP contribution in [0.5, 0.6) is 0 Å². The second-order valence-electron chi connectivity index (χ2n) is 16.5. The van der Waals surface area contributed by atoms with Gasteiger partial charge >= 0.3 is 0 Å². The van der Waals surface area contributed by atoms with Crippen LogP contribution < -0.4 is 0 Å². The molecule has 50 heavy (non-hydrogen) atoms. The second-order valence-corrected chi connectivity index (χ2v) is 17.6. The Hall–Kier alpha value is 0.690. The molecule has 0 saturated heterocycles. The fourth-order valence-corrected chi connectivity index (χ4v) is 8.32. The topological polar surface area (TPSA) is 20.2 Å². The van der Waals surface area contributed by atoms with Gasteiger partial charge in [0.15, 0.2) is 0 Å². The maximum atomic E-state index is 9.14. The summed E-state index contributed by atoms with van der Waals surface area (Å²) in [5, 5.41) is 9.14. The molecule has 0 aliphatic rings. The van der Waals surface area contributed by atoms with Crippen molar-refractivity contribution in [1.29, 1.82) is 0 Å². The number of rotatable bonds is 42. The fourth-order valence-electron chi connectivity index (χ4n) is 7.88. The third-order valence-corrected chi connectivity index (χ3v) is 12.1. The Morgan fingerprint density at radius 1 is 0.280 bits per heavy atom. The molecule has 1 N–H and O–H groups in total. The Morgan fingerprint density at radius 3 is 0.700 bits per heavy atom. The highest BCUT2D eigenvalue weighted by molar-refractivity contribution is 14.1. The second kappa shape index (κ2) is 49.7. The Balaban J connectivity index is 0. The van der Waals surface area contributed by atoms with Crippen LogP contribution in [-0.2, 0) is 0 Å². The molecule has 0 unspecified atom stereocenters. The quantitative estimate of drug-likeness (QED) is 0.0370. The van der Waals surface area contributed by atoms with Gasteiger partial charge < -0.3 is 5.11 Å². The number of aliphatic hydroxyl groups is 1. The molecule has 0 aromatic rings. The molecule has 0 amide bonds. The smallest absolute Gasteiger partial charge is 0.0431 e. The number of alkyl halides is 1. The predicted octanol–water partition coefficient (Wildman–Crippen LogP) is 18.3. The zero-order valence-electron chi connectivity index (χ0n) is 35.7. The van der Waals surface area contributed by atoms with Crippen LogP contribution >= 0.6 is 22.6 Å². The molecule has 0 bridgehead atoms. The lowest BCUT2D eigenvalue weighted by atomic mass is 9.90. The monoisotopic (exact) mass is 819 g/mol. The van der Waals surface area contributed by atoms with Crippen LogP contribution in [0, 0.1) is 11.8 Å². The van der Waals surface area contributed by atoms with Crippen LogP contribution in [0.25, 0.3) is 0 Å². The van der Waals surface area contributed by atoms with Gasteiger partial charge in [-0.2, -0.15) is 0 Å². The SMILES string of the molecule is CCCCCCCCCCC(CCCI)CCCCCCCCCC.CCCCCCCCCCC(CCCO)CCCCCCCCCC. The minimum Gasteiger partial charge on any atom is -0.396 e. The molecule has 0 rings (SSSR count). The Morgan fingerprint density at radius 2 is 0.480 bits per heavy atom. The third-order valence-electron chi connectivity index (χ3n) is 11.4. The largest absolute Gasteiger partial charge is 0.396 e. The maximum absolute atomic E-state index is 9.14. The summed E-state index contributed by atoms with van der Waals surface area (Å²) in [6.07, 6.45) is 57.2. The summed E-state index contributed by atoms with van der Waals surface area (Å²) in [5.74, 6) is 1.92. The van der Waals surface area contributed by atoms with E-state index in [-0.39, 0.29) is 0 Å². The van der Waals surface area contributed by atoms with Gasteiger partial charge in [0.1, 0.15) is 0 Å². The van der Waals surface area contributed by atoms with Gasteiger partial charge in [-0.05, 0) is 41.9 Å². The Labute approximate surface area is 333 Å². The molecule has 0 aliphatic heterocycles. The minimum absolute atomic E-state index is 0.380. The molecule has 0 aromatic heterocycles. The zero-order valence-corrected chi connectivity index (χ0v) is 37.8. The van der Waals surface area contributed by atoms with Crippen molar-refractivity contribution in [2.45, 2.75) is 285 Å². The molecule has 0 atom stereocenters. The Kier molecular flexibility index (Phi) is 52.5. The average Bonchev–Trinajstić information content (AvgIpc) is 3.13. The molecule has 0 fully saturated rings. The predicted molar refractivity (Wildman–Crippen MR) is 240 cm³/mol. The Bertz CT molecular complexity index is 462. The van der Waals surface area contributed by atoms with Gasteiger partial charge in [-0.25, -0.2) is 0 Å². The van der Waals surface area contributed by atoms with Crippen molar-refractivity contribution >= 4 is 22.6 Å². The van der Waals surface area contributed by atoms with Crippen LogP contribution in [0.4, 0.5) is 0 Å². The number of halogens is 1. The molecular weight excluding hydrogens is 719 g/mol. The maximum Gasteiger partial charge on any atom is 0.0431 e. The molecule has 1 nitrogen and oxygen atoms in total. The van der Waals surface area contributed by atoms with Gasteiger partial charge in [0.25, 0.3) is 0 Å². The van der Waals surface area contributed by atoms with E-state index in [2.05, 4.69) is 50.3 Å². The highest BCUT2D eigenvalue weighted by Crippen LogP contribution is 2.25. The first-order chi connectivity index (χ1) is 24.7. The highest BCUT2D eigenvalue weighted by Gasteiger charge is 2.09. The molecule has 0 spiro atoms. The van der Waals surface area contributed by atoms with Gasteiger partial charge in [0.2, 0.25) is 0 Å². The van der Waals surface area contributed by atoms with Crippen molar-refractivity contribution in [2.24, 2.45) is 11.8 Å². The lowest BCUT2D eigenvalue weighted by Crippen LogP contribution is -2.02. The van der Waals surface area contributed by atoms with E-state index in [0.717, 1.165) is 18.3 Å². The van der Waals surface area contributed by atoms with Gasteiger partial charge in [-0.1, -0.05) is 281 Å². The van der Waals surface area contributed by atoms with Crippen molar-refractivity contribution in [2.75, 3.05) is 11.0 Å². The summed E-state index contributed by atoms with van der Waals surface area (Å²) in [6.45, 7) is 9.58. The standard InChI is InChI=1S/C24H49I.C24H50O/c2*1-3-5-7-9-11-13-15-17-20-24(22-19-23-25)21-18-16-14-12-10-8-6-4-2/h24H,3-23H2,1-2H3;24-25H,3-23H2,1-2H3. The van der Waals surface area contributed by atoms with Crippen molar-refractivity contribution in [1.82, 2.24) is 0 Å². The summed E-state index contributed by atoms with van der Waals surface area (Å²) in [4.78, 5) is 0. The van der Waals surface area contributed by atoms with E-state index in [1.807, 2.05) is 0 Å². The van der Waals surface area contributed by atoms with E-state index >= 15 is 0 Å². The van der Waals surface area contributed by atoms with E-state index in [4.69, 9.17) is 5.11 Å². The number of hydrogen-bond acceptors (Lipinski definition) is 1. The molecular formula is C48H99IO. The van der Waals surface area contributed by atoms with Gasteiger partial charge in [-0.15, -0.1) is 0 Å². The third kappa shape index (κ3) is 46.7. The average molecular weight is 819 g/mol. The first-order valence-electron chi connectivity index (χ1n) is 23.9. The van der Waals surface area contributed by atoms with Crippen molar-refractivity contribution in [3.8, 4) is 0 Å². The van der Waals surface area contributed by atoms with E-state index in [9.17, 15) is 0 Å². The van der Waals surface area contributed by atoms with Crippen LogP contribution in [-0.4, -0.2) is 16.1 Å². The van der Waals surface area contributed by atoms with Crippen molar-refractivity contribution in [3.63, 3.8) is 0 Å². The molecule has 2 heteroatoms. The first-order valence-corrected chi connectivity index (χ1v) is 25.4. The summed E-state index contributed by atoms with van der Waals surface area (Å²) < 4.78 is 1.35. The van der Waals surface area contributed by atoms with Gasteiger partial charge in [0, 0.05) is 6.61 Å². The van der Waals surface area contributed by atoms with E-state index in [1.165, 1.54) is 255 Å². The summed E-state index contributed by atoms with van der Waals surface area (Å²) >= 11 is 2.55. The minimum atomic E-state index is 0.380. The van der Waals surface area contributed by atoms with Crippen molar-refractivity contribution in [3.05, 3.63) is 0 Å². The van der Waals surface area contributed by atoms with Crippen LogP contribution in [0.2, 0.25) is 0 Å². The van der Waals surface area contributed by atoms with Crippen molar-refractivity contribution < 1.29 is 5.11 Å². The lowest BCUT2D eigenvalue weighted by molar-refractivity contribution is 0.261. The number of aliphatic hydroxyl groups excluding tert-OH is 1. The fraction of sp³-hybridized carbons (Fsp3) is 1.00. The van der Waals surface area contributed by atoms with Crippen LogP contribution in [0.15, 0.2) is 0 Å². The summed E-state index contributed by atoms with van der Waals surface area (Å²) in [5.41, 5.74) is 0. The summed E-state index contributed by atoms with van der Waals surface area (Å²) in [7, 11) is 0. The highest BCUT2D eigenvalue weighted by atomic mass is 127. The number of unbranched alkanes of at least 4 members (excludes halogenated alkanes) is 28. The van der Waals surface area contributed by atoms with Crippen LogP contribution in [0.1, 0.15) is 285 Å². The lowest BCUT2D eigenvalue weighted by Gasteiger charge is -2.16. The van der Waals surface area contributed by atoms with Crippen LogP contribution in [0.3, 0.4) is 0 Å². The van der Waals surface area contributed by atoms with E-state index in [1.54, 1.807) is 0 Å². The molecule has 0 aliphatic carbocycles. The van der Waals surface area contributed by atoms with Gasteiger partial charge in [-0.3, -0.25) is 0 Å². The van der Waals surface area contributed by atoms with E-state index in [0.29, 0.717) is 6.61 Å². The summed E-state index contributed by atoms with van der Waals surface area (Å²) in [6, 6.07) is 0. The first kappa shape index (κ1) is 52.8. The molecule has 0 aromatic carbocycles. The van der Waals surface area contributed by atoms with Gasteiger partial charge in [0.05, 0.1) is 0 Å². The zero-order chi connectivity index (χ0) is 36.9. The molecule has 0 radical (unpaired) electrons. The molecule has 304 valence electrons. The van der Waals surface area contributed by atoms with E-state index < -0.39 is 0 Å². The number of hydrogen-bond donors (Lipinski definition) is 1. The molecule has 0 saturated carbocycles. The normalized spacial score (nSPS) is 11.5. The molecule has 0 heterocycles.